The number of hydrogen-bond acceptors (Lipinski definition) is 3. The van der Waals surface area contributed by atoms with Gasteiger partial charge in [0.1, 0.15) is 12.3 Å². The van der Waals surface area contributed by atoms with E-state index in [1.807, 2.05) is 30.5 Å². The van der Waals surface area contributed by atoms with E-state index < -0.39 is 12.1 Å². The minimum absolute atomic E-state index is 0.290. The number of aromatic nitrogens is 1. The topological polar surface area (TPSA) is 91.1 Å². The summed E-state index contributed by atoms with van der Waals surface area (Å²) < 4.78 is 0. The highest BCUT2D eigenvalue weighted by Gasteiger charge is 2.19. The van der Waals surface area contributed by atoms with Crippen LogP contribution >= 0.6 is 0 Å². The number of benzene rings is 1. The first-order valence-corrected chi connectivity index (χ1v) is 7.09. The molecule has 0 spiro atoms. The molecule has 0 bridgehead atoms. The molecule has 0 radical (unpaired) electrons. The summed E-state index contributed by atoms with van der Waals surface area (Å²) in [6, 6.07) is 6.45. The average Bonchev–Trinajstić information content (AvgIpc) is 2.89. The molecule has 2 aromatic rings. The van der Waals surface area contributed by atoms with Crippen molar-refractivity contribution >= 4 is 29.0 Å². The molecule has 2 amide bonds. The molecular weight excluding hydrogens is 282 g/mol. The molecule has 0 fully saturated rings. The summed E-state index contributed by atoms with van der Waals surface area (Å²) in [4.78, 5) is 37.3. The van der Waals surface area contributed by atoms with Gasteiger partial charge in [-0.05, 0) is 18.6 Å². The largest absolute Gasteiger partial charge is 0.361 e. The Morgan fingerprint density at radius 3 is 2.68 bits per heavy atom. The van der Waals surface area contributed by atoms with Gasteiger partial charge in [-0.3, -0.25) is 9.59 Å². The molecule has 22 heavy (non-hydrogen) atoms. The van der Waals surface area contributed by atoms with Crippen molar-refractivity contribution < 1.29 is 14.4 Å². The lowest BCUT2D eigenvalue weighted by Crippen LogP contribution is -2.48. The van der Waals surface area contributed by atoms with Gasteiger partial charge in [0, 0.05) is 30.4 Å². The van der Waals surface area contributed by atoms with Crippen molar-refractivity contribution in [2.45, 2.75) is 32.4 Å². The SMILES string of the molecule is CC(=O)NC(C)C(=O)NC(C=O)Cc1c[nH]c2ccccc12. The number of amides is 2. The summed E-state index contributed by atoms with van der Waals surface area (Å²) in [6.45, 7) is 2.91. The smallest absolute Gasteiger partial charge is 0.242 e. The monoisotopic (exact) mass is 301 g/mol. The number of H-pyrrole nitrogens is 1. The fraction of sp³-hybridized carbons (Fsp3) is 0.312. The predicted molar refractivity (Wildman–Crippen MR) is 83.3 cm³/mol. The number of rotatable bonds is 6. The maximum Gasteiger partial charge on any atom is 0.242 e. The summed E-state index contributed by atoms with van der Waals surface area (Å²) in [6.07, 6.45) is 2.94. The second-order valence-electron chi connectivity index (χ2n) is 5.24. The van der Waals surface area contributed by atoms with Crippen molar-refractivity contribution in [3.05, 3.63) is 36.0 Å². The van der Waals surface area contributed by atoms with E-state index in [0.717, 1.165) is 16.5 Å². The van der Waals surface area contributed by atoms with E-state index in [1.165, 1.54) is 6.92 Å². The van der Waals surface area contributed by atoms with Gasteiger partial charge in [0.15, 0.2) is 0 Å². The van der Waals surface area contributed by atoms with Gasteiger partial charge in [0.2, 0.25) is 11.8 Å². The molecule has 2 rings (SSSR count). The number of carbonyl (C=O) groups is 3. The quantitative estimate of drug-likeness (QED) is 0.693. The molecule has 1 heterocycles. The molecule has 6 heteroatoms. The van der Waals surface area contributed by atoms with E-state index in [4.69, 9.17) is 0 Å². The van der Waals surface area contributed by atoms with Gasteiger partial charge in [0.25, 0.3) is 0 Å². The Morgan fingerprint density at radius 2 is 2.00 bits per heavy atom. The van der Waals surface area contributed by atoms with Gasteiger partial charge in [-0.1, -0.05) is 18.2 Å². The van der Waals surface area contributed by atoms with Gasteiger partial charge in [-0.25, -0.2) is 0 Å². The Balaban J connectivity index is 2.05. The Morgan fingerprint density at radius 1 is 1.27 bits per heavy atom. The number of hydrogen-bond donors (Lipinski definition) is 3. The van der Waals surface area contributed by atoms with E-state index in [2.05, 4.69) is 15.6 Å². The Hall–Kier alpha value is -2.63. The van der Waals surface area contributed by atoms with Crippen LogP contribution in [0, 0.1) is 0 Å². The Bertz CT molecular complexity index is 693. The first kappa shape index (κ1) is 15.8. The van der Waals surface area contributed by atoms with E-state index in [9.17, 15) is 14.4 Å². The van der Waals surface area contributed by atoms with E-state index in [0.29, 0.717) is 12.7 Å². The molecule has 1 aromatic heterocycles. The fourth-order valence-corrected chi connectivity index (χ4v) is 2.35. The molecule has 0 aliphatic carbocycles. The molecular formula is C16H19N3O3. The molecule has 6 nitrogen and oxygen atoms in total. The fourth-order valence-electron chi connectivity index (χ4n) is 2.35. The summed E-state index contributed by atoms with van der Waals surface area (Å²) in [5.41, 5.74) is 1.94. The average molecular weight is 301 g/mol. The number of para-hydroxylation sites is 1. The van der Waals surface area contributed by atoms with Crippen LogP contribution in [0.5, 0.6) is 0 Å². The van der Waals surface area contributed by atoms with Crippen LogP contribution in [0.4, 0.5) is 0 Å². The zero-order valence-corrected chi connectivity index (χ0v) is 12.6. The predicted octanol–water partition coefficient (Wildman–Crippen LogP) is 0.919. The van der Waals surface area contributed by atoms with E-state index >= 15 is 0 Å². The minimum Gasteiger partial charge on any atom is -0.361 e. The van der Waals surface area contributed by atoms with Crippen LogP contribution in [0.2, 0.25) is 0 Å². The first-order chi connectivity index (χ1) is 10.5. The standard InChI is InChI=1S/C16H19N3O3/c1-10(18-11(2)21)16(22)19-13(9-20)7-12-8-17-15-6-4-3-5-14(12)15/h3-6,8-10,13,17H,7H2,1-2H3,(H,18,21)(H,19,22). The molecule has 116 valence electrons. The lowest BCUT2D eigenvalue weighted by atomic mass is 10.1. The van der Waals surface area contributed by atoms with Gasteiger partial charge >= 0.3 is 0 Å². The highest BCUT2D eigenvalue weighted by molar-refractivity contribution is 5.88. The zero-order valence-electron chi connectivity index (χ0n) is 12.6. The van der Waals surface area contributed by atoms with Crippen LogP contribution in [0.25, 0.3) is 10.9 Å². The van der Waals surface area contributed by atoms with Crippen LogP contribution < -0.4 is 10.6 Å². The molecule has 0 saturated carbocycles. The highest BCUT2D eigenvalue weighted by atomic mass is 16.2. The van der Waals surface area contributed by atoms with Crippen LogP contribution in [0.3, 0.4) is 0 Å². The van der Waals surface area contributed by atoms with Gasteiger partial charge in [0.05, 0.1) is 6.04 Å². The van der Waals surface area contributed by atoms with Crippen LogP contribution in [0.15, 0.2) is 30.5 Å². The van der Waals surface area contributed by atoms with Crippen molar-refractivity contribution in [3.8, 4) is 0 Å². The number of aldehydes is 1. The second-order valence-corrected chi connectivity index (χ2v) is 5.24. The van der Waals surface area contributed by atoms with E-state index in [-0.39, 0.29) is 11.8 Å². The number of nitrogens with one attached hydrogen (secondary N) is 3. The molecule has 2 atom stereocenters. The summed E-state index contributed by atoms with van der Waals surface area (Å²) in [7, 11) is 0. The summed E-state index contributed by atoms with van der Waals surface area (Å²) >= 11 is 0. The third-order valence-electron chi connectivity index (χ3n) is 3.42. The van der Waals surface area contributed by atoms with Crippen molar-refractivity contribution in [2.75, 3.05) is 0 Å². The lowest BCUT2D eigenvalue weighted by molar-refractivity contribution is -0.128. The maximum absolute atomic E-state index is 11.9. The Labute approximate surface area is 128 Å². The van der Waals surface area contributed by atoms with Crippen molar-refractivity contribution in [3.63, 3.8) is 0 Å². The minimum atomic E-state index is -0.678. The third kappa shape index (κ3) is 3.72. The van der Waals surface area contributed by atoms with E-state index in [1.54, 1.807) is 6.92 Å². The highest BCUT2D eigenvalue weighted by Crippen LogP contribution is 2.18. The Kier molecular flexibility index (Phi) is 4.93. The number of carbonyl (C=O) groups excluding carboxylic acids is 3. The number of fused-ring (bicyclic) bond motifs is 1. The molecule has 0 aliphatic heterocycles. The van der Waals surface area contributed by atoms with Crippen LogP contribution in [-0.4, -0.2) is 35.2 Å². The lowest BCUT2D eigenvalue weighted by Gasteiger charge is -2.17. The third-order valence-corrected chi connectivity index (χ3v) is 3.42. The van der Waals surface area contributed by atoms with Crippen LogP contribution in [0.1, 0.15) is 19.4 Å². The first-order valence-electron chi connectivity index (χ1n) is 7.09. The molecule has 0 aliphatic rings. The molecule has 1 aromatic carbocycles. The van der Waals surface area contributed by atoms with Crippen molar-refractivity contribution in [1.29, 1.82) is 0 Å². The van der Waals surface area contributed by atoms with Crippen molar-refractivity contribution in [2.24, 2.45) is 0 Å². The molecule has 2 unspecified atom stereocenters. The molecule has 0 saturated heterocycles. The van der Waals surface area contributed by atoms with Gasteiger partial charge < -0.3 is 20.4 Å². The van der Waals surface area contributed by atoms with Crippen LogP contribution in [-0.2, 0) is 20.8 Å². The number of aromatic amines is 1. The van der Waals surface area contributed by atoms with Crippen molar-refractivity contribution in [1.82, 2.24) is 15.6 Å². The van der Waals surface area contributed by atoms with Gasteiger partial charge in [-0.2, -0.15) is 0 Å². The zero-order chi connectivity index (χ0) is 16.1. The van der Waals surface area contributed by atoms with Gasteiger partial charge in [-0.15, -0.1) is 0 Å². The summed E-state index contributed by atoms with van der Waals surface area (Å²) in [5.74, 6) is -0.672. The summed E-state index contributed by atoms with van der Waals surface area (Å²) in [5, 5.41) is 6.15. The molecule has 3 N–H and O–H groups in total. The maximum atomic E-state index is 11.9. The second kappa shape index (κ2) is 6.89. The normalized spacial score (nSPS) is 13.4.